The van der Waals surface area contributed by atoms with Crippen molar-refractivity contribution in [3.05, 3.63) is 28.3 Å². The standard InChI is InChI=1S/C12H17N3O3/c13-8-4-3-6-10(12(8)15(17)18)14-9-5-1-2-7-11(9)16/h3-4,6,9,11,14,16H,1-2,5,7,13H2. The minimum absolute atomic E-state index is 0.115. The number of hydrogen-bond acceptors (Lipinski definition) is 5. The lowest BCUT2D eigenvalue weighted by atomic mass is 9.92. The lowest BCUT2D eigenvalue weighted by Crippen LogP contribution is -2.36. The summed E-state index contributed by atoms with van der Waals surface area (Å²) in [6.45, 7) is 0. The molecule has 0 amide bonds. The summed E-state index contributed by atoms with van der Waals surface area (Å²) in [6, 6.07) is 4.65. The number of nitro groups is 1. The second-order valence-corrected chi connectivity index (χ2v) is 4.60. The van der Waals surface area contributed by atoms with Crippen LogP contribution in [0, 0.1) is 10.1 Å². The van der Waals surface area contributed by atoms with Crippen molar-refractivity contribution >= 4 is 17.1 Å². The van der Waals surface area contributed by atoms with Crippen LogP contribution < -0.4 is 11.1 Å². The topological polar surface area (TPSA) is 101 Å². The van der Waals surface area contributed by atoms with Gasteiger partial charge in [-0.3, -0.25) is 10.1 Å². The first-order valence-electron chi connectivity index (χ1n) is 6.07. The molecule has 0 spiro atoms. The molecular weight excluding hydrogens is 234 g/mol. The van der Waals surface area contributed by atoms with Crippen molar-refractivity contribution in [2.75, 3.05) is 11.1 Å². The van der Waals surface area contributed by atoms with Gasteiger partial charge in [0.05, 0.1) is 17.1 Å². The Labute approximate surface area is 105 Å². The van der Waals surface area contributed by atoms with Gasteiger partial charge in [0.15, 0.2) is 0 Å². The van der Waals surface area contributed by atoms with E-state index in [-0.39, 0.29) is 17.4 Å². The molecule has 0 heterocycles. The lowest BCUT2D eigenvalue weighted by Gasteiger charge is -2.29. The summed E-state index contributed by atoms with van der Waals surface area (Å²) >= 11 is 0. The van der Waals surface area contributed by atoms with E-state index in [9.17, 15) is 15.2 Å². The van der Waals surface area contributed by atoms with Crippen molar-refractivity contribution in [3.8, 4) is 0 Å². The van der Waals surface area contributed by atoms with Crippen LogP contribution in [-0.2, 0) is 0 Å². The molecule has 1 aliphatic carbocycles. The van der Waals surface area contributed by atoms with Crippen LogP contribution in [0.3, 0.4) is 0 Å². The van der Waals surface area contributed by atoms with Crippen molar-refractivity contribution < 1.29 is 10.0 Å². The average molecular weight is 251 g/mol. The molecule has 6 nitrogen and oxygen atoms in total. The van der Waals surface area contributed by atoms with Crippen LogP contribution in [0.4, 0.5) is 17.1 Å². The zero-order valence-corrected chi connectivity index (χ0v) is 10.0. The van der Waals surface area contributed by atoms with E-state index in [1.807, 2.05) is 0 Å². The number of aliphatic hydroxyl groups is 1. The van der Waals surface area contributed by atoms with Crippen molar-refractivity contribution in [2.45, 2.75) is 37.8 Å². The van der Waals surface area contributed by atoms with Gasteiger partial charge in [0, 0.05) is 0 Å². The molecule has 98 valence electrons. The molecule has 1 saturated carbocycles. The van der Waals surface area contributed by atoms with Gasteiger partial charge in [0.2, 0.25) is 0 Å². The number of benzene rings is 1. The third-order valence-electron chi connectivity index (χ3n) is 3.32. The smallest absolute Gasteiger partial charge is 0.314 e. The normalized spacial score (nSPS) is 23.6. The minimum Gasteiger partial charge on any atom is -0.393 e. The van der Waals surface area contributed by atoms with E-state index in [0.29, 0.717) is 5.69 Å². The van der Waals surface area contributed by atoms with E-state index < -0.39 is 11.0 Å². The summed E-state index contributed by atoms with van der Waals surface area (Å²) < 4.78 is 0. The van der Waals surface area contributed by atoms with Gasteiger partial charge >= 0.3 is 5.69 Å². The Balaban J connectivity index is 2.23. The second kappa shape index (κ2) is 5.22. The van der Waals surface area contributed by atoms with E-state index in [1.54, 1.807) is 12.1 Å². The van der Waals surface area contributed by atoms with Gasteiger partial charge in [-0.05, 0) is 25.0 Å². The van der Waals surface area contributed by atoms with E-state index in [0.717, 1.165) is 25.7 Å². The highest BCUT2D eigenvalue weighted by molar-refractivity contribution is 5.74. The van der Waals surface area contributed by atoms with E-state index >= 15 is 0 Å². The molecule has 0 aromatic heterocycles. The SMILES string of the molecule is Nc1cccc(NC2CCCCC2O)c1[N+](=O)[O-]. The number of nitrogen functional groups attached to an aromatic ring is 1. The van der Waals surface area contributed by atoms with Gasteiger partial charge < -0.3 is 16.2 Å². The molecular formula is C12H17N3O3. The van der Waals surface area contributed by atoms with Gasteiger partial charge in [-0.15, -0.1) is 0 Å². The Kier molecular flexibility index (Phi) is 3.66. The van der Waals surface area contributed by atoms with Crippen LogP contribution in [-0.4, -0.2) is 22.2 Å². The first kappa shape index (κ1) is 12.6. The highest BCUT2D eigenvalue weighted by Gasteiger charge is 2.26. The van der Waals surface area contributed by atoms with Crippen LogP contribution in [0.15, 0.2) is 18.2 Å². The molecule has 1 fully saturated rings. The molecule has 4 N–H and O–H groups in total. The molecule has 1 aromatic carbocycles. The molecule has 0 bridgehead atoms. The molecule has 0 radical (unpaired) electrons. The predicted octanol–water partition coefficient (Wildman–Crippen LogP) is 1.89. The van der Waals surface area contributed by atoms with Crippen molar-refractivity contribution in [1.82, 2.24) is 0 Å². The molecule has 0 aliphatic heterocycles. The van der Waals surface area contributed by atoms with Crippen molar-refractivity contribution in [3.63, 3.8) is 0 Å². The third kappa shape index (κ3) is 2.53. The van der Waals surface area contributed by atoms with Crippen LogP contribution in [0.5, 0.6) is 0 Å². The maximum atomic E-state index is 11.0. The Bertz CT molecular complexity index is 450. The van der Waals surface area contributed by atoms with Crippen LogP contribution in [0.2, 0.25) is 0 Å². The van der Waals surface area contributed by atoms with Crippen molar-refractivity contribution in [2.24, 2.45) is 0 Å². The molecule has 6 heteroatoms. The number of rotatable bonds is 3. The number of nitrogens with one attached hydrogen (secondary N) is 1. The predicted molar refractivity (Wildman–Crippen MR) is 69.4 cm³/mol. The summed E-state index contributed by atoms with van der Waals surface area (Å²) in [5, 5.41) is 23.9. The number of anilines is 2. The molecule has 2 rings (SSSR count). The van der Waals surface area contributed by atoms with Gasteiger partial charge in [0.1, 0.15) is 11.4 Å². The second-order valence-electron chi connectivity index (χ2n) is 4.60. The third-order valence-corrected chi connectivity index (χ3v) is 3.32. The van der Waals surface area contributed by atoms with Gasteiger partial charge in [-0.25, -0.2) is 0 Å². The molecule has 1 aliphatic rings. The summed E-state index contributed by atoms with van der Waals surface area (Å²) in [4.78, 5) is 10.5. The Morgan fingerprint density at radius 2 is 2.11 bits per heavy atom. The maximum absolute atomic E-state index is 11.0. The Morgan fingerprint density at radius 1 is 1.39 bits per heavy atom. The van der Waals surface area contributed by atoms with Crippen molar-refractivity contribution in [1.29, 1.82) is 0 Å². The zero-order valence-electron chi connectivity index (χ0n) is 10.0. The number of nitrogens with zero attached hydrogens (tertiary/aromatic N) is 1. The molecule has 18 heavy (non-hydrogen) atoms. The molecule has 2 unspecified atom stereocenters. The lowest BCUT2D eigenvalue weighted by molar-refractivity contribution is -0.383. The average Bonchev–Trinajstić information content (AvgIpc) is 2.31. The van der Waals surface area contributed by atoms with E-state index in [2.05, 4.69) is 5.32 Å². The zero-order chi connectivity index (χ0) is 13.1. The number of nitrogens with two attached hydrogens (primary N) is 1. The first-order chi connectivity index (χ1) is 8.59. The van der Waals surface area contributed by atoms with E-state index in [1.165, 1.54) is 6.07 Å². The first-order valence-corrected chi connectivity index (χ1v) is 6.07. The summed E-state index contributed by atoms with van der Waals surface area (Å²) in [5.41, 5.74) is 6.02. The Morgan fingerprint density at radius 3 is 2.78 bits per heavy atom. The number of hydrogen-bond donors (Lipinski definition) is 3. The van der Waals surface area contributed by atoms with Gasteiger partial charge in [0.25, 0.3) is 0 Å². The Hall–Kier alpha value is -1.82. The fraction of sp³-hybridized carbons (Fsp3) is 0.500. The van der Waals surface area contributed by atoms with Crippen LogP contribution in [0.1, 0.15) is 25.7 Å². The highest BCUT2D eigenvalue weighted by atomic mass is 16.6. The number of para-hydroxylation sites is 1. The quantitative estimate of drug-likeness (QED) is 0.432. The monoisotopic (exact) mass is 251 g/mol. The fourth-order valence-electron chi connectivity index (χ4n) is 2.36. The number of nitro benzene ring substituents is 1. The van der Waals surface area contributed by atoms with Crippen LogP contribution in [0.25, 0.3) is 0 Å². The molecule has 1 aromatic rings. The van der Waals surface area contributed by atoms with Gasteiger partial charge in [-0.2, -0.15) is 0 Å². The fourth-order valence-corrected chi connectivity index (χ4v) is 2.36. The van der Waals surface area contributed by atoms with Crippen LogP contribution >= 0.6 is 0 Å². The van der Waals surface area contributed by atoms with E-state index in [4.69, 9.17) is 5.73 Å². The summed E-state index contributed by atoms with van der Waals surface area (Å²) in [7, 11) is 0. The largest absolute Gasteiger partial charge is 0.393 e. The highest BCUT2D eigenvalue weighted by Crippen LogP contribution is 2.32. The summed E-state index contributed by atoms with van der Waals surface area (Å²) in [6.07, 6.45) is 3.10. The molecule has 0 saturated heterocycles. The number of aliphatic hydroxyl groups excluding tert-OH is 1. The maximum Gasteiger partial charge on any atom is 0.314 e. The van der Waals surface area contributed by atoms with Gasteiger partial charge in [-0.1, -0.05) is 18.9 Å². The molecule has 2 atom stereocenters. The minimum atomic E-state index is -0.493. The summed E-state index contributed by atoms with van der Waals surface area (Å²) in [5.74, 6) is 0.